The van der Waals surface area contributed by atoms with Gasteiger partial charge in [-0.1, -0.05) is 30.1 Å². The van der Waals surface area contributed by atoms with Crippen LogP contribution in [0.3, 0.4) is 0 Å². The number of halogens is 2. The third kappa shape index (κ3) is 2.72. The summed E-state index contributed by atoms with van der Waals surface area (Å²) in [7, 11) is 0. The predicted octanol–water partition coefficient (Wildman–Crippen LogP) is 4.04. The van der Waals surface area contributed by atoms with E-state index in [9.17, 15) is 10.1 Å². The molecule has 0 aliphatic carbocycles. The summed E-state index contributed by atoms with van der Waals surface area (Å²) in [6.45, 7) is 2.02. The molecule has 0 N–H and O–H groups in total. The van der Waals surface area contributed by atoms with Gasteiger partial charge in [0.1, 0.15) is 11.5 Å². The first-order chi connectivity index (χ1) is 9.04. The van der Waals surface area contributed by atoms with E-state index in [-0.39, 0.29) is 15.7 Å². The molecule has 0 amide bonds. The molecule has 0 unspecified atom stereocenters. The van der Waals surface area contributed by atoms with Crippen LogP contribution in [0.4, 0.5) is 5.69 Å². The summed E-state index contributed by atoms with van der Waals surface area (Å²) < 4.78 is 1.67. The van der Waals surface area contributed by atoms with Gasteiger partial charge in [0.2, 0.25) is 0 Å². The Morgan fingerprint density at radius 3 is 2.68 bits per heavy atom. The predicted molar refractivity (Wildman–Crippen MR) is 74.2 cm³/mol. The number of imidazole rings is 1. The molecular weight excluding hydrogens is 289 g/mol. The van der Waals surface area contributed by atoms with E-state index < -0.39 is 4.92 Å². The number of hydrogen-bond acceptors (Lipinski definition) is 3. The highest BCUT2D eigenvalue weighted by atomic mass is 35.5. The third-order valence-corrected chi connectivity index (χ3v) is 3.39. The number of aryl methyl sites for hydroxylation is 1. The van der Waals surface area contributed by atoms with Crippen molar-refractivity contribution in [3.05, 3.63) is 50.5 Å². The first-order valence-electron chi connectivity index (χ1n) is 5.70. The maximum absolute atomic E-state index is 11.1. The molecule has 5 nitrogen and oxygen atoms in total. The van der Waals surface area contributed by atoms with Gasteiger partial charge < -0.3 is 0 Å². The number of nitro groups is 1. The van der Waals surface area contributed by atoms with Crippen molar-refractivity contribution < 1.29 is 4.92 Å². The summed E-state index contributed by atoms with van der Waals surface area (Å²) >= 11 is 11.8. The Balaban J connectivity index is 2.63. The Morgan fingerprint density at radius 1 is 1.37 bits per heavy atom. The van der Waals surface area contributed by atoms with Gasteiger partial charge in [-0.15, -0.1) is 0 Å². The van der Waals surface area contributed by atoms with Crippen LogP contribution in [0.2, 0.25) is 10.0 Å². The second kappa shape index (κ2) is 5.59. The highest BCUT2D eigenvalue weighted by Crippen LogP contribution is 2.33. The molecule has 1 heterocycles. The minimum Gasteiger partial charge on any atom is -0.298 e. The van der Waals surface area contributed by atoms with Crippen LogP contribution >= 0.6 is 23.2 Å². The molecule has 100 valence electrons. The normalized spacial score (nSPS) is 10.7. The van der Waals surface area contributed by atoms with Crippen LogP contribution in [0.15, 0.2) is 24.5 Å². The van der Waals surface area contributed by atoms with E-state index in [4.69, 9.17) is 23.2 Å². The molecule has 0 bridgehead atoms. The summed E-state index contributed by atoms with van der Waals surface area (Å²) in [5.41, 5.74) is 0.283. The molecule has 0 saturated heterocycles. The Bertz CT molecular complexity index is 625. The zero-order valence-corrected chi connectivity index (χ0v) is 11.6. The number of benzene rings is 1. The lowest BCUT2D eigenvalue weighted by Gasteiger charge is -2.09. The Hall–Kier alpha value is -1.59. The van der Waals surface area contributed by atoms with Crippen molar-refractivity contribution in [1.29, 1.82) is 0 Å². The molecule has 0 radical (unpaired) electrons. The van der Waals surface area contributed by atoms with E-state index in [1.165, 1.54) is 12.1 Å². The van der Waals surface area contributed by atoms with Crippen molar-refractivity contribution in [3.8, 4) is 5.69 Å². The van der Waals surface area contributed by atoms with Crippen LogP contribution < -0.4 is 0 Å². The first kappa shape index (κ1) is 13.8. The van der Waals surface area contributed by atoms with E-state index in [1.807, 2.05) is 6.92 Å². The Labute approximate surface area is 119 Å². The fraction of sp³-hybridized carbons (Fsp3) is 0.250. The number of nitrogens with zero attached hydrogens (tertiary/aromatic N) is 3. The second-order valence-corrected chi connectivity index (χ2v) is 4.79. The minimum absolute atomic E-state index is 0.0928. The zero-order valence-electron chi connectivity index (χ0n) is 10.1. The van der Waals surface area contributed by atoms with Gasteiger partial charge in [0.25, 0.3) is 5.69 Å². The maximum Gasteiger partial charge on any atom is 0.294 e. The van der Waals surface area contributed by atoms with E-state index >= 15 is 0 Å². The second-order valence-electron chi connectivity index (χ2n) is 3.98. The third-order valence-electron chi connectivity index (χ3n) is 2.66. The summed E-state index contributed by atoms with van der Waals surface area (Å²) in [5, 5.41) is 11.6. The van der Waals surface area contributed by atoms with Crippen LogP contribution in [0.5, 0.6) is 0 Å². The summed E-state index contributed by atoms with van der Waals surface area (Å²) in [6.07, 6.45) is 4.91. The van der Waals surface area contributed by atoms with Crippen LogP contribution in [0, 0.1) is 10.1 Å². The van der Waals surface area contributed by atoms with Crippen molar-refractivity contribution in [2.45, 2.75) is 19.8 Å². The van der Waals surface area contributed by atoms with Gasteiger partial charge in [-0.3, -0.25) is 14.7 Å². The van der Waals surface area contributed by atoms with Gasteiger partial charge in [0, 0.05) is 24.9 Å². The maximum atomic E-state index is 11.1. The largest absolute Gasteiger partial charge is 0.298 e. The first-order valence-corrected chi connectivity index (χ1v) is 6.46. The number of rotatable bonds is 4. The quantitative estimate of drug-likeness (QED) is 0.632. The molecule has 2 aromatic rings. The van der Waals surface area contributed by atoms with Crippen molar-refractivity contribution in [2.24, 2.45) is 0 Å². The Kier molecular flexibility index (Phi) is 4.07. The number of aromatic nitrogens is 2. The monoisotopic (exact) mass is 299 g/mol. The molecule has 7 heteroatoms. The molecular formula is C12H11Cl2N3O2. The number of hydrogen-bond donors (Lipinski definition) is 0. The van der Waals surface area contributed by atoms with Crippen LogP contribution in [-0.2, 0) is 6.42 Å². The van der Waals surface area contributed by atoms with Gasteiger partial charge in [0.05, 0.1) is 15.0 Å². The molecule has 2 rings (SSSR count). The van der Waals surface area contributed by atoms with Gasteiger partial charge >= 0.3 is 0 Å². The molecule has 0 atom stereocenters. The highest BCUT2D eigenvalue weighted by Gasteiger charge is 2.20. The molecule has 0 fully saturated rings. The molecule has 19 heavy (non-hydrogen) atoms. The zero-order chi connectivity index (χ0) is 14.0. The lowest BCUT2D eigenvalue weighted by Crippen LogP contribution is -2.04. The molecule has 1 aromatic carbocycles. The fourth-order valence-electron chi connectivity index (χ4n) is 1.83. The Morgan fingerprint density at radius 2 is 2.05 bits per heavy atom. The van der Waals surface area contributed by atoms with Gasteiger partial charge in [0.15, 0.2) is 0 Å². The van der Waals surface area contributed by atoms with E-state index in [0.29, 0.717) is 5.69 Å². The molecule has 0 aliphatic heterocycles. The topological polar surface area (TPSA) is 61.0 Å². The average molecular weight is 300 g/mol. The molecule has 0 saturated carbocycles. The fourth-order valence-corrected chi connectivity index (χ4v) is 2.14. The SMILES string of the molecule is CCCc1nccn1-c1cc(Cl)c(Cl)cc1[N+](=O)[O-]. The minimum atomic E-state index is -0.479. The van der Waals surface area contributed by atoms with Crippen LogP contribution in [0.25, 0.3) is 5.69 Å². The van der Waals surface area contributed by atoms with Crippen molar-refractivity contribution in [1.82, 2.24) is 9.55 Å². The smallest absolute Gasteiger partial charge is 0.294 e. The van der Waals surface area contributed by atoms with Gasteiger partial charge in [-0.05, 0) is 12.5 Å². The van der Waals surface area contributed by atoms with Crippen LogP contribution in [-0.4, -0.2) is 14.5 Å². The number of nitro benzene ring substituents is 1. The summed E-state index contributed by atoms with van der Waals surface area (Å²) in [5.74, 6) is 0.754. The lowest BCUT2D eigenvalue weighted by molar-refractivity contribution is -0.384. The highest BCUT2D eigenvalue weighted by molar-refractivity contribution is 6.42. The average Bonchev–Trinajstić information content (AvgIpc) is 2.80. The van der Waals surface area contributed by atoms with E-state index in [1.54, 1.807) is 17.0 Å². The van der Waals surface area contributed by atoms with Gasteiger partial charge in [-0.25, -0.2) is 4.98 Å². The summed E-state index contributed by atoms with van der Waals surface area (Å²) in [4.78, 5) is 14.8. The van der Waals surface area contributed by atoms with Gasteiger partial charge in [-0.2, -0.15) is 0 Å². The standard InChI is InChI=1S/C12H11Cl2N3O2/c1-2-3-12-15-4-5-16(12)10-6-8(13)9(14)7-11(10)17(18)19/h4-7H,2-3H2,1H3. The lowest BCUT2D eigenvalue weighted by atomic mass is 10.2. The van der Waals surface area contributed by atoms with Crippen molar-refractivity contribution in [2.75, 3.05) is 0 Å². The van der Waals surface area contributed by atoms with Crippen LogP contribution in [0.1, 0.15) is 19.2 Å². The van der Waals surface area contributed by atoms with Crippen molar-refractivity contribution >= 4 is 28.9 Å². The molecule has 0 aliphatic rings. The molecule has 1 aromatic heterocycles. The summed E-state index contributed by atoms with van der Waals surface area (Å²) in [6, 6.07) is 2.75. The van der Waals surface area contributed by atoms with E-state index in [2.05, 4.69) is 4.98 Å². The van der Waals surface area contributed by atoms with E-state index in [0.717, 1.165) is 18.7 Å². The molecule has 0 spiro atoms. The van der Waals surface area contributed by atoms with Crippen molar-refractivity contribution in [3.63, 3.8) is 0 Å².